The molecule has 2 aromatic heterocycles. The zero-order valence-corrected chi connectivity index (χ0v) is 12.1. The van der Waals surface area contributed by atoms with Gasteiger partial charge in [0.2, 0.25) is 0 Å². The lowest BCUT2D eigenvalue weighted by Crippen LogP contribution is -2.02. The molecule has 0 spiro atoms. The van der Waals surface area contributed by atoms with E-state index in [2.05, 4.69) is 15.2 Å². The van der Waals surface area contributed by atoms with Crippen molar-refractivity contribution in [3.63, 3.8) is 0 Å². The van der Waals surface area contributed by atoms with Crippen molar-refractivity contribution in [2.75, 3.05) is 0 Å². The predicted octanol–water partition coefficient (Wildman–Crippen LogP) is 3.10. The van der Waals surface area contributed by atoms with Gasteiger partial charge < -0.3 is 4.57 Å². The van der Waals surface area contributed by atoms with Crippen molar-refractivity contribution in [1.29, 1.82) is 0 Å². The number of rotatable bonds is 2. The van der Waals surface area contributed by atoms with E-state index in [0.29, 0.717) is 11.4 Å². The van der Waals surface area contributed by atoms with E-state index in [4.69, 9.17) is 0 Å². The number of halogens is 2. The Bertz CT molecular complexity index is 998. The Morgan fingerprint density at radius 2 is 1.78 bits per heavy atom. The summed E-state index contributed by atoms with van der Waals surface area (Å²) in [6.07, 6.45) is 3.00. The smallest absolute Gasteiger partial charge is 0.168 e. The Balaban J connectivity index is 1.92. The maximum Gasteiger partial charge on any atom is 0.168 e. The molecule has 0 saturated heterocycles. The number of imidazole rings is 1. The maximum absolute atomic E-state index is 14.0. The minimum absolute atomic E-state index is 0.200. The fraction of sp³-hybridized carbons (Fsp3) is 0.0625. The second-order valence-corrected chi connectivity index (χ2v) is 5.15. The number of aromatic nitrogens is 5. The van der Waals surface area contributed by atoms with Crippen LogP contribution in [0.5, 0.6) is 0 Å². The fourth-order valence-corrected chi connectivity index (χ4v) is 2.59. The van der Waals surface area contributed by atoms with Crippen LogP contribution in [0.3, 0.4) is 0 Å². The number of fused-ring (bicyclic) bond motifs is 1. The summed E-state index contributed by atoms with van der Waals surface area (Å²) in [6.45, 7) is 0. The van der Waals surface area contributed by atoms with Crippen LogP contribution in [0, 0.1) is 11.6 Å². The van der Waals surface area contributed by atoms with Crippen molar-refractivity contribution >= 4 is 11.0 Å². The quantitative estimate of drug-likeness (QED) is 0.571. The number of aryl methyl sites for hydroxylation is 1. The van der Waals surface area contributed by atoms with E-state index >= 15 is 0 Å². The molecule has 0 aliphatic heterocycles. The summed E-state index contributed by atoms with van der Waals surface area (Å²) in [5, 5.41) is 7.80. The zero-order valence-electron chi connectivity index (χ0n) is 12.1. The van der Waals surface area contributed by atoms with Crippen LogP contribution in [0.15, 0.2) is 49.1 Å². The van der Waals surface area contributed by atoms with Gasteiger partial charge >= 0.3 is 0 Å². The molecule has 0 aliphatic rings. The molecule has 0 aliphatic carbocycles. The Kier molecular flexibility index (Phi) is 2.94. The van der Waals surface area contributed by atoms with E-state index in [1.54, 1.807) is 6.33 Å². The number of hydrogen-bond donors (Lipinski definition) is 0. The first-order chi connectivity index (χ1) is 11.1. The summed E-state index contributed by atoms with van der Waals surface area (Å²) < 4.78 is 31.3. The van der Waals surface area contributed by atoms with Crippen LogP contribution in [-0.4, -0.2) is 24.3 Å². The SMILES string of the molecule is Cn1cnc2cc(-c3nncn3-c3c(F)cccc3F)ccc21. The Labute approximate surface area is 129 Å². The fourth-order valence-electron chi connectivity index (χ4n) is 2.59. The van der Waals surface area contributed by atoms with E-state index in [1.807, 2.05) is 29.8 Å². The number of nitrogens with zero attached hydrogens (tertiary/aromatic N) is 5. The highest BCUT2D eigenvalue weighted by Gasteiger charge is 2.17. The highest BCUT2D eigenvalue weighted by Crippen LogP contribution is 2.26. The molecule has 0 atom stereocenters. The Morgan fingerprint density at radius 3 is 2.57 bits per heavy atom. The van der Waals surface area contributed by atoms with Crippen molar-refractivity contribution in [3.05, 3.63) is 60.7 Å². The lowest BCUT2D eigenvalue weighted by atomic mass is 10.1. The minimum atomic E-state index is -0.676. The Morgan fingerprint density at radius 1 is 1.00 bits per heavy atom. The molecule has 2 heterocycles. The standard InChI is InChI=1S/C16H11F2N5/c1-22-8-19-13-7-10(5-6-14(13)22)16-21-20-9-23(16)15-11(17)3-2-4-12(15)18/h2-9H,1H3. The van der Waals surface area contributed by atoms with Crippen molar-refractivity contribution < 1.29 is 8.78 Å². The lowest BCUT2D eigenvalue weighted by Gasteiger charge is -2.09. The molecule has 2 aromatic carbocycles. The molecule has 0 amide bonds. The lowest BCUT2D eigenvalue weighted by molar-refractivity contribution is 0.569. The molecule has 0 bridgehead atoms. The molecule has 0 unspecified atom stereocenters. The van der Waals surface area contributed by atoms with Gasteiger partial charge in [0, 0.05) is 12.6 Å². The third-order valence-corrected chi connectivity index (χ3v) is 3.71. The molecule has 4 rings (SSSR count). The van der Waals surface area contributed by atoms with Crippen molar-refractivity contribution in [2.45, 2.75) is 0 Å². The van der Waals surface area contributed by atoms with Gasteiger partial charge in [0.05, 0.1) is 17.4 Å². The first kappa shape index (κ1) is 13.6. The van der Waals surface area contributed by atoms with Gasteiger partial charge in [0.25, 0.3) is 0 Å². The Hall–Kier alpha value is -3.09. The normalized spacial score (nSPS) is 11.3. The number of benzene rings is 2. The molecular weight excluding hydrogens is 300 g/mol. The van der Waals surface area contributed by atoms with Crippen LogP contribution in [0.2, 0.25) is 0 Å². The number of para-hydroxylation sites is 1. The van der Waals surface area contributed by atoms with Crippen molar-refractivity contribution in [1.82, 2.24) is 24.3 Å². The maximum atomic E-state index is 14.0. The average Bonchev–Trinajstić information content (AvgIpc) is 3.14. The molecule has 0 N–H and O–H groups in total. The van der Waals surface area contributed by atoms with Crippen LogP contribution >= 0.6 is 0 Å². The van der Waals surface area contributed by atoms with Gasteiger partial charge in [-0.2, -0.15) is 0 Å². The third kappa shape index (κ3) is 2.09. The van der Waals surface area contributed by atoms with Crippen LogP contribution in [0.1, 0.15) is 0 Å². The molecule has 0 radical (unpaired) electrons. The van der Waals surface area contributed by atoms with E-state index in [9.17, 15) is 8.78 Å². The van der Waals surface area contributed by atoms with Crippen molar-refractivity contribution in [2.24, 2.45) is 7.05 Å². The number of hydrogen-bond acceptors (Lipinski definition) is 3. The van der Waals surface area contributed by atoms with Gasteiger partial charge in [-0.25, -0.2) is 13.8 Å². The van der Waals surface area contributed by atoms with Crippen LogP contribution in [0.25, 0.3) is 28.1 Å². The molecule has 0 saturated carbocycles. The average molecular weight is 311 g/mol. The van der Waals surface area contributed by atoms with Crippen LogP contribution in [0.4, 0.5) is 8.78 Å². The van der Waals surface area contributed by atoms with Gasteiger partial charge in [-0.15, -0.1) is 10.2 Å². The summed E-state index contributed by atoms with van der Waals surface area (Å²) in [5.41, 5.74) is 2.20. The van der Waals surface area contributed by atoms with E-state index in [1.165, 1.54) is 29.1 Å². The first-order valence-electron chi connectivity index (χ1n) is 6.91. The second-order valence-electron chi connectivity index (χ2n) is 5.15. The largest absolute Gasteiger partial charge is 0.334 e. The van der Waals surface area contributed by atoms with E-state index < -0.39 is 11.6 Å². The van der Waals surface area contributed by atoms with Gasteiger partial charge in [0.15, 0.2) is 5.82 Å². The molecule has 7 heteroatoms. The summed E-state index contributed by atoms with van der Waals surface area (Å²) in [4.78, 5) is 4.28. The molecular formula is C16H11F2N5. The predicted molar refractivity (Wildman–Crippen MR) is 81.0 cm³/mol. The topological polar surface area (TPSA) is 48.5 Å². The van der Waals surface area contributed by atoms with Gasteiger partial charge in [-0.1, -0.05) is 6.07 Å². The summed E-state index contributed by atoms with van der Waals surface area (Å²) in [7, 11) is 1.90. The first-order valence-corrected chi connectivity index (χ1v) is 6.91. The zero-order chi connectivity index (χ0) is 16.0. The van der Waals surface area contributed by atoms with E-state index in [-0.39, 0.29) is 5.69 Å². The van der Waals surface area contributed by atoms with Gasteiger partial charge in [0.1, 0.15) is 23.6 Å². The van der Waals surface area contributed by atoms with Crippen molar-refractivity contribution in [3.8, 4) is 17.1 Å². The third-order valence-electron chi connectivity index (χ3n) is 3.71. The van der Waals surface area contributed by atoms with Crippen LogP contribution < -0.4 is 0 Å². The highest BCUT2D eigenvalue weighted by atomic mass is 19.1. The monoisotopic (exact) mass is 311 g/mol. The summed E-state index contributed by atoms with van der Waals surface area (Å²) in [5.74, 6) is -1.00. The molecule has 114 valence electrons. The molecule has 4 aromatic rings. The van der Waals surface area contributed by atoms with E-state index in [0.717, 1.165) is 11.0 Å². The highest BCUT2D eigenvalue weighted by molar-refractivity contribution is 5.80. The second kappa shape index (κ2) is 4.98. The molecule has 23 heavy (non-hydrogen) atoms. The minimum Gasteiger partial charge on any atom is -0.334 e. The summed E-state index contributed by atoms with van der Waals surface area (Å²) >= 11 is 0. The van der Waals surface area contributed by atoms with Gasteiger partial charge in [-0.3, -0.25) is 4.57 Å². The van der Waals surface area contributed by atoms with Crippen LogP contribution in [-0.2, 0) is 7.05 Å². The summed E-state index contributed by atoms with van der Waals surface area (Å²) in [6, 6.07) is 9.23. The molecule has 0 fully saturated rings. The van der Waals surface area contributed by atoms with Gasteiger partial charge in [-0.05, 0) is 30.3 Å². The molecule has 5 nitrogen and oxygen atoms in total.